The topological polar surface area (TPSA) is 55.3 Å². The van der Waals surface area contributed by atoms with E-state index >= 15 is 0 Å². The molecule has 3 rings (SSSR count). The lowest BCUT2D eigenvalue weighted by molar-refractivity contribution is 0.104. The minimum Gasteiger partial charge on any atom is -0.378 e. The Kier molecular flexibility index (Phi) is 5.91. The molecule has 25 heavy (non-hydrogen) atoms. The minimum absolute atomic E-state index is 0.141. The SMILES string of the molecule is O=C(/C=C/c1cnc(N2CCOCC2)nc1)c1ccc(Cl)c(Cl)c1Cl. The van der Waals surface area contributed by atoms with Crippen LogP contribution in [0.2, 0.25) is 15.1 Å². The van der Waals surface area contributed by atoms with Gasteiger partial charge in [0.2, 0.25) is 5.95 Å². The van der Waals surface area contributed by atoms with Crippen molar-refractivity contribution in [2.75, 3.05) is 31.2 Å². The molecule has 2 aromatic rings. The number of hydrogen-bond acceptors (Lipinski definition) is 5. The van der Waals surface area contributed by atoms with Crippen molar-refractivity contribution in [3.63, 3.8) is 0 Å². The minimum atomic E-state index is -0.277. The first-order chi connectivity index (χ1) is 12.1. The van der Waals surface area contributed by atoms with Crippen LogP contribution in [0, 0.1) is 0 Å². The highest BCUT2D eigenvalue weighted by Gasteiger charge is 2.14. The van der Waals surface area contributed by atoms with Crippen LogP contribution in [0.15, 0.2) is 30.6 Å². The van der Waals surface area contributed by atoms with E-state index in [1.54, 1.807) is 24.5 Å². The van der Waals surface area contributed by atoms with Gasteiger partial charge in [0.05, 0.1) is 28.3 Å². The third-order valence-electron chi connectivity index (χ3n) is 3.68. The molecule has 1 aromatic heterocycles. The van der Waals surface area contributed by atoms with E-state index in [1.807, 2.05) is 0 Å². The fourth-order valence-corrected chi connectivity index (χ4v) is 2.95. The maximum Gasteiger partial charge on any atom is 0.225 e. The Morgan fingerprint density at radius 3 is 2.44 bits per heavy atom. The van der Waals surface area contributed by atoms with Crippen LogP contribution in [0.5, 0.6) is 0 Å². The van der Waals surface area contributed by atoms with E-state index in [4.69, 9.17) is 39.5 Å². The van der Waals surface area contributed by atoms with Gasteiger partial charge < -0.3 is 9.64 Å². The zero-order chi connectivity index (χ0) is 17.8. The average molecular weight is 399 g/mol. The smallest absolute Gasteiger partial charge is 0.225 e. The number of rotatable bonds is 4. The second-order valence-electron chi connectivity index (χ2n) is 5.34. The number of aromatic nitrogens is 2. The van der Waals surface area contributed by atoms with Gasteiger partial charge in [-0.25, -0.2) is 9.97 Å². The monoisotopic (exact) mass is 397 g/mol. The normalized spacial score (nSPS) is 14.9. The molecule has 0 aliphatic carbocycles. The van der Waals surface area contributed by atoms with Gasteiger partial charge in [-0.2, -0.15) is 0 Å². The number of allylic oxidation sites excluding steroid dienone is 1. The van der Waals surface area contributed by atoms with Crippen molar-refractivity contribution < 1.29 is 9.53 Å². The van der Waals surface area contributed by atoms with Crippen molar-refractivity contribution in [1.29, 1.82) is 0 Å². The van der Waals surface area contributed by atoms with Crippen LogP contribution in [0.3, 0.4) is 0 Å². The van der Waals surface area contributed by atoms with E-state index in [0.29, 0.717) is 29.7 Å². The van der Waals surface area contributed by atoms with Gasteiger partial charge >= 0.3 is 0 Å². The lowest BCUT2D eigenvalue weighted by Crippen LogP contribution is -2.37. The van der Waals surface area contributed by atoms with Gasteiger partial charge in [-0.15, -0.1) is 0 Å². The van der Waals surface area contributed by atoms with Gasteiger partial charge in [-0.3, -0.25) is 4.79 Å². The summed E-state index contributed by atoms with van der Waals surface area (Å²) in [6, 6.07) is 3.08. The van der Waals surface area contributed by atoms with Crippen molar-refractivity contribution in [2.24, 2.45) is 0 Å². The summed E-state index contributed by atoms with van der Waals surface area (Å²) in [5.74, 6) is 0.375. The zero-order valence-corrected chi connectivity index (χ0v) is 15.4. The lowest BCUT2D eigenvalue weighted by atomic mass is 10.1. The standard InChI is InChI=1S/C17H14Cl3N3O2/c18-13-3-2-12(15(19)16(13)20)14(24)4-1-11-9-21-17(22-10-11)23-5-7-25-8-6-23/h1-4,9-10H,5-8H2/b4-1+. The molecule has 1 fully saturated rings. The molecular weight excluding hydrogens is 385 g/mol. The Balaban J connectivity index is 1.71. The van der Waals surface area contributed by atoms with Crippen molar-refractivity contribution in [1.82, 2.24) is 9.97 Å². The highest BCUT2D eigenvalue weighted by molar-refractivity contribution is 6.49. The van der Waals surface area contributed by atoms with E-state index in [1.165, 1.54) is 12.1 Å². The number of morpholine rings is 1. The average Bonchev–Trinajstić information content (AvgIpc) is 2.65. The number of carbonyl (C=O) groups excluding carboxylic acids is 1. The second kappa shape index (κ2) is 8.15. The van der Waals surface area contributed by atoms with Gasteiger partial charge in [-0.1, -0.05) is 34.8 Å². The van der Waals surface area contributed by atoms with Crippen molar-refractivity contribution in [3.8, 4) is 0 Å². The number of anilines is 1. The summed E-state index contributed by atoms with van der Waals surface area (Å²) in [7, 11) is 0. The van der Waals surface area contributed by atoms with Crippen LogP contribution in [-0.4, -0.2) is 42.1 Å². The fraction of sp³-hybridized carbons (Fsp3) is 0.235. The van der Waals surface area contributed by atoms with Gasteiger partial charge in [0.15, 0.2) is 5.78 Å². The van der Waals surface area contributed by atoms with Crippen molar-refractivity contribution >= 4 is 52.6 Å². The molecule has 0 unspecified atom stereocenters. The number of hydrogen-bond donors (Lipinski definition) is 0. The summed E-state index contributed by atoms with van der Waals surface area (Å²) in [4.78, 5) is 23.0. The van der Waals surface area contributed by atoms with Gasteiger partial charge in [0.25, 0.3) is 0 Å². The Bertz CT molecular complexity index is 804. The first-order valence-corrected chi connectivity index (χ1v) is 8.70. The van der Waals surface area contributed by atoms with Crippen LogP contribution in [0.25, 0.3) is 6.08 Å². The Morgan fingerprint density at radius 2 is 1.76 bits per heavy atom. The molecule has 0 saturated carbocycles. The Morgan fingerprint density at radius 1 is 1.08 bits per heavy atom. The number of nitrogens with zero attached hydrogens (tertiary/aromatic N) is 3. The number of ether oxygens (including phenoxy) is 1. The first-order valence-electron chi connectivity index (χ1n) is 7.57. The predicted molar refractivity (Wildman–Crippen MR) is 99.9 cm³/mol. The van der Waals surface area contributed by atoms with Crippen LogP contribution in [0.4, 0.5) is 5.95 Å². The second-order valence-corrected chi connectivity index (χ2v) is 6.50. The van der Waals surface area contributed by atoms with E-state index in [-0.39, 0.29) is 21.4 Å². The third kappa shape index (κ3) is 4.30. The van der Waals surface area contributed by atoms with E-state index in [0.717, 1.165) is 13.1 Å². The highest BCUT2D eigenvalue weighted by Crippen LogP contribution is 2.33. The van der Waals surface area contributed by atoms with Gasteiger partial charge in [0, 0.05) is 36.6 Å². The predicted octanol–water partition coefficient (Wildman–Crippen LogP) is 4.17. The molecule has 1 saturated heterocycles. The van der Waals surface area contributed by atoms with E-state index in [9.17, 15) is 4.79 Å². The van der Waals surface area contributed by atoms with Gasteiger partial charge in [-0.05, 0) is 24.3 Å². The maximum absolute atomic E-state index is 12.3. The molecule has 1 aromatic carbocycles. The lowest BCUT2D eigenvalue weighted by Gasteiger charge is -2.26. The molecule has 1 aliphatic rings. The number of benzene rings is 1. The van der Waals surface area contributed by atoms with E-state index < -0.39 is 0 Å². The molecule has 0 spiro atoms. The molecule has 8 heteroatoms. The van der Waals surface area contributed by atoms with Crippen LogP contribution < -0.4 is 4.90 Å². The molecule has 130 valence electrons. The number of halogens is 3. The molecule has 0 radical (unpaired) electrons. The number of carbonyl (C=O) groups is 1. The molecule has 1 aliphatic heterocycles. The Labute approximate surface area is 160 Å². The molecular formula is C17H14Cl3N3O2. The molecule has 0 atom stereocenters. The molecule has 0 bridgehead atoms. The molecule has 2 heterocycles. The summed E-state index contributed by atoms with van der Waals surface area (Å²) in [6.07, 6.45) is 6.36. The molecule has 0 amide bonds. The summed E-state index contributed by atoms with van der Waals surface area (Å²) >= 11 is 17.9. The van der Waals surface area contributed by atoms with Crippen LogP contribution >= 0.6 is 34.8 Å². The Hall–Kier alpha value is -1.66. The largest absolute Gasteiger partial charge is 0.378 e. The first kappa shape index (κ1) is 18.1. The van der Waals surface area contributed by atoms with Crippen LogP contribution in [0.1, 0.15) is 15.9 Å². The highest BCUT2D eigenvalue weighted by atomic mass is 35.5. The summed E-state index contributed by atoms with van der Waals surface area (Å²) in [5.41, 5.74) is 1.000. The molecule has 0 N–H and O–H groups in total. The quantitative estimate of drug-likeness (QED) is 0.439. The number of ketones is 1. The van der Waals surface area contributed by atoms with E-state index in [2.05, 4.69) is 14.9 Å². The van der Waals surface area contributed by atoms with Gasteiger partial charge in [0.1, 0.15) is 0 Å². The third-order valence-corrected chi connectivity index (χ3v) is 4.97. The molecule has 5 nitrogen and oxygen atoms in total. The zero-order valence-electron chi connectivity index (χ0n) is 13.1. The van der Waals surface area contributed by atoms with Crippen molar-refractivity contribution in [3.05, 3.63) is 56.8 Å². The fourth-order valence-electron chi connectivity index (χ4n) is 2.32. The van der Waals surface area contributed by atoms with Crippen molar-refractivity contribution in [2.45, 2.75) is 0 Å². The maximum atomic E-state index is 12.3. The summed E-state index contributed by atoms with van der Waals surface area (Å²) in [5, 5.41) is 0.614. The summed E-state index contributed by atoms with van der Waals surface area (Å²) in [6.45, 7) is 2.88. The van der Waals surface area contributed by atoms with Crippen LogP contribution in [-0.2, 0) is 4.74 Å². The summed E-state index contributed by atoms with van der Waals surface area (Å²) < 4.78 is 5.30.